The van der Waals surface area contributed by atoms with Crippen molar-refractivity contribution >= 4 is 15.8 Å². The first-order valence-electron chi connectivity index (χ1n) is 9.26. The summed E-state index contributed by atoms with van der Waals surface area (Å²) in [6, 6.07) is 0. The lowest BCUT2D eigenvalue weighted by Gasteiger charge is -2.33. The Morgan fingerprint density at radius 1 is 1.26 bits per heavy atom. The molecule has 6 heteroatoms. The highest BCUT2D eigenvalue weighted by Crippen LogP contribution is 2.43. The average Bonchev–Trinajstić information content (AvgIpc) is 3.08. The Kier molecular flexibility index (Phi) is 5.19. The number of nitrogens with zero attached hydrogens (tertiary/aromatic N) is 2. The highest BCUT2D eigenvalue weighted by atomic mass is 32.2. The van der Waals surface area contributed by atoms with Crippen LogP contribution in [0.4, 0.5) is 0 Å². The monoisotopic (exact) mass is 341 g/mol. The summed E-state index contributed by atoms with van der Waals surface area (Å²) in [6.07, 6.45) is 8.94. The maximum atomic E-state index is 11.6. The molecule has 0 aromatic carbocycles. The lowest BCUT2D eigenvalue weighted by atomic mass is 9.73. The van der Waals surface area contributed by atoms with Crippen LogP contribution >= 0.6 is 0 Å². The van der Waals surface area contributed by atoms with Crippen LogP contribution in [0.15, 0.2) is 4.99 Å². The molecular formula is C17H31N3O2S. The van der Waals surface area contributed by atoms with Gasteiger partial charge < -0.3 is 10.2 Å². The Hall–Kier alpha value is -0.780. The van der Waals surface area contributed by atoms with Crippen LogP contribution in [0.2, 0.25) is 0 Å². The van der Waals surface area contributed by atoms with E-state index in [1.54, 1.807) is 0 Å². The molecular weight excluding hydrogens is 310 g/mol. The topological polar surface area (TPSA) is 61.8 Å². The van der Waals surface area contributed by atoms with E-state index in [2.05, 4.69) is 17.1 Å². The molecule has 0 aromatic rings. The first kappa shape index (κ1) is 17.1. The molecule has 0 radical (unpaired) electrons. The fraction of sp³-hybridized carbons (Fsp3) is 0.941. The molecule has 1 atom stereocenters. The summed E-state index contributed by atoms with van der Waals surface area (Å²) in [5.74, 6) is 1.87. The standard InChI is InChI=1S/C17H31N3O2S/c1-2-18-16(19-12-15-6-11-23(21,22)13-15)20-10-9-17(14-20)7-4-3-5-8-17/h15H,2-14H2,1H3,(H,18,19). The molecule has 0 amide bonds. The van der Waals surface area contributed by atoms with Gasteiger partial charge in [0.05, 0.1) is 11.5 Å². The van der Waals surface area contributed by atoms with Gasteiger partial charge in [-0.25, -0.2) is 8.42 Å². The second-order valence-corrected chi connectivity index (χ2v) is 9.92. The molecule has 3 fully saturated rings. The van der Waals surface area contributed by atoms with Crippen molar-refractivity contribution in [3.8, 4) is 0 Å². The van der Waals surface area contributed by atoms with Crippen LogP contribution < -0.4 is 5.32 Å². The van der Waals surface area contributed by atoms with Gasteiger partial charge in [0.25, 0.3) is 0 Å². The normalized spacial score (nSPS) is 30.0. The third-order valence-electron chi connectivity index (χ3n) is 5.81. The summed E-state index contributed by atoms with van der Waals surface area (Å²) in [7, 11) is -2.80. The van der Waals surface area contributed by atoms with E-state index in [0.29, 0.717) is 23.5 Å². The van der Waals surface area contributed by atoms with Crippen LogP contribution in [0.25, 0.3) is 0 Å². The molecule has 1 saturated carbocycles. The first-order chi connectivity index (χ1) is 11.0. The van der Waals surface area contributed by atoms with Gasteiger partial charge in [-0.3, -0.25) is 4.99 Å². The van der Waals surface area contributed by atoms with Crippen LogP contribution in [0, 0.1) is 11.3 Å². The predicted molar refractivity (Wildman–Crippen MR) is 94.4 cm³/mol. The lowest BCUT2D eigenvalue weighted by Crippen LogP contribution is -2.42. The van der Waals surface area contributed by atoms with Crippen molar-refractivity contribution in [1.82, 2.24) is 10.2 Å². The number of aliphatic imine (C=N–C) groups is 1. The highest BCUT2D eigenvalue weighted by Gasteiger charge is 2.39. The van der Waals surface area contributed by atoms with Crippen molar-refractivity contribution in [1.29, 1.82) is 0 Å². The van der Waals surface area contributed by atoms with Crippen molar-refractivity contribution in [2.45, 2.75) is 51.9 Å². The maximum Gasteiger partial charge on any atom is 0.193 e. The zero-order valence-electron chi connectivity index (χ0n) is 14.4. The largest absolute Gasteiger partial charge is 0.357 e. The van der Waals surface area contributed by atoms with E-state index in [9.17, 15) is 8.42 Å². The van der Waals surface area contributed by atoms with Gasteiger partial charge in [-0.15, -0.1) is 0 Å². The molecule has 1 N–H and O–H groups in total. The van der Waals surface area contributed by atoms with Crippen LogP contribution in [0.5, 0.6) is 0 Å². The second kappa shape index (κ2) is 6.99. The minimum atomic E-state index is -2.80. The van der Waals surface area contributed by atoms with Crippen molar-refractivity contribution < 1.29 is 8.42 Å². The molecule has 1 spiro atoms. The van der Waals surface area contributed by atoms with Gasteiger partial charge in [0.2, 0.25) is 0 Å². The highest BCUT2D eigenvalue weighted by molar-refractivity contribution is 7.91. The third-order valence-corrected chi connectivity index (χ3v) is 7.65. The van der Waals surface area contributed by atoms with Crippen molar-refractivity contribution in [3.05, 3.63) is 0 Å². The molecule has 23 heavy (non-hydrogen) atoms. The number of guanidine groups is 1. The number of nitrogens with one attached hydrogen (secondary N) is 1. The van der Waals surface area contributed by atoms with E-state index in [4.69, 9.17) is 4.99 Å². The quantitative estimate of drug-likeness (QED) is 0.630. The Balaban J connectivity index is 1.61. The van der Waals surface area contributed by atoms with E-state index in [0.717, 1.165) is 32.0 Å². The summed E-state index contributed by atoms with van der Waals surface area (Å²) >= 11 is 0. The predicted octanol–water partition coefficient (Wildman–Crippen LogP) is 2.04. The lowest BCUT2D eigenvalue weighted by molar-refractivity contribution is 0.203. The molecule has 5 nitrogen and oxygen atoms in total. The Labute approximate surface area is 140 Å². The number of hydrogen-bond donors (Lipinski definition) is 1. The fourth-order valence-electron chi connectivity index (χ4n) is 4.48. The van der Waals surface area contributed by atoms with Gasteiger partial charge in [0.1, 0.15) is 0 Å². The van der Waals surface area contributed by atoms with Crippen LogP contribution in [-0.2, 0) is 9.84 Å². The van der Waals surface area contributed by atoms with Crippen LogP contribution in [0.3, 0.4) is 0 Å². The Morgan fingerprint density at radius 3 is 2.70 bits per heavy atom. The zero-order chi connectivity index (χ0) is 16.3. The van der Waals surface area contributed by atoms with Crippen LogP contribution in [-0.4, -0.2) is 57.0 Å². The summed E-state index contributed by atoms with van der Waals surface area (Å²) in [6.45, 7) is 5.83. The zero-order valence-corrected chi connectivity index (χ0v) is 15.2. The summed E-state index contributed by atoms with van der Waals surface area (Å²) < 4.78 is 23.2. The second-order valence-electron chi connectivity index (χ2n) is 7.70. The average molecular weight is 342 g/mol. The SMILES string of the molecule is CCNC(=NCC1CCS(=O)(=O)C1)N1CCC2(CCCCC2)C1. The molecule has 2 aliphatic heterocycles. The van der Waals surface area contributed by atoms with Gasteiger partial charge in [0.15, 0.2) is 15.8 Å². The Morgan fingerprint density at radius 2 is 2.04 bits per heavy atom. The molecule has 3 rings (SSSR count). The molecule has 1 aliphatic carbocycles. The van der Waals surface area contributed by atoms with Crippen molar-refractivity contribution in [2.75, 3.05) is 37.7 Å². The third kappa shape index (κ3) is 4.20. The van der Waals surface area contributed by atoms with Crippen LogP contribution in [0.1, 0.15) is 51.9 Å². The van der Waals surface area contributed by atoms with E-state index < -0.39 is 9.84 Å². The molecule has 0 aromatic heterocycles. The number of rotatable bonds is 3. The Bertz CT molecular complexity index is 538. The first-order valence-corrected chi connectivity index (χ1v) is 11.1. The number of hydrogen-bond acceptors (Lipinski definition) is 3. The summed E-state index contributed by atoms with van der Waals surface area (Å²) in [5, 5.41) is 3.42. The molecule has 1 unspecified atom stereocenters. The molecule has 3 aliphatic rings. The van der Waals surface area contributed by atoms with Gasteiger partial charge in [-0.2, -0.15) is 0 Å². The molecule has 2 heterocycles. The molecule has 132 valence electrons. The minimum Gasteiger partial charge on any atom is -0.357 e. The maximum absolute atomic E-state index is 11.6. The molecule has 0 bridgehead atoms. The van der Waals surface area contributed by atoms with Gasteiger partial charge in [-0.1, -0.05) is 19.3 Å². The summed E-state index contributed by atoms with van der Waals surface area (Å²) in [4.78, 5) is 7.20. The smallest absolute Gasteiger partial charge is 0.193 e. The van der Waals surface area contributed by atoms with E-state index >= 15 is 0 Å². The molecule has 2 saturated heterocycles. The fourth-order valence-corrected chi connectivity index (χ4v) is 6.33. The van der Waals surface area contributed by atoms with E-state index in [1.165, 1.54) is 38.5 Å². The summed E-state index contributed by atoms with van der Waals surface area (Å²) in [5.41, 5.74) is 0.519. The van der Waals surface area contributed by atoms with E-state index in [-0.39, 0.29) is 5.92 Å². The number of likely N-dealkylation sites (tertiary alicyclic amines) is 1. The minimum absolute atomic E-state index is 0.208. The van der Waals surface area contributed by atoms with Crippen molar-refractivity contribution in [2.24, 2.45) is 16.3 Å². The van der Waals surface area contributed by atoms with Crippen molar-refractivity contribution in [3.63, 3.8) is 0 Å². The van der Waals surface area contributed by atoms with Gasteiger partial charge in [-0.05, 0) is 43.9 Å². The van der Waals surface area contributed by atoms with E-state index in [1.807, 2.05) is 0 Å². The number of sulfone groups is 1. The van der Waals surface area contributed by atoms with Gasteiger partial charge in [0, 0.05) is 26.2 Å². The van der Waals surface area contributed by atoms with Gasteiger partial charge >= 0.3 is 0 Å².